The third-order valence-electron chi connectivity index (χ3n) is 5.06. The predicted octanol–water partition coefficient (Wildman–Crippen LogP) is 4.15. The van der Waals surface area contributed by atoms with Crippen LogP contribution in [0.3, 0.4) is 0 Å². The first-order valence-corrected chi connectivity index (χ1v) is 9.11. The summed E-state index contributed by atoms with van der Waals surface area (Å²) in [7, 11) is 4.31. The van der Waals surface area contributed by atoms with E-state index in [1.807, 2.05) is 6.92 Å². The van der Waals surface area contributed by atoms with Gasteiger partial charge in [0.15, 0.2) is 0 Å². The summed E-state index contributed by atoms with van der Waals surface area (Å²) in [5.74, 6) is -0.864. The molecule has 128 valence electrons. The van der Waals surface area contributed by atoms with E-state index in [2.05, 4.69) is 52.8 Å². The molecule has 1 aliphatic rings. The van der Waals surface area contributed by atoms with Gasteiger partial charge in [-0.3, -0.25) is 0 Å². The van der Waals surface area contributed by atoms with E-state index in [0.29, 0.717) is 17.6 Å². The van der Waals surface area contributed by atoms with Crippen LogP contribution in [0.5, 0.6) is 0 Å². The smallest absolute Gasteiger partial charge is 0.336 e. The minimum Gasteiger partial charge on any atom is -0.478 e. The van der Waals surface area contributed by atoms with E-state index in [-0.39, 0.29) is 0 Å². The number of carboxylic acid groups (broad SMARTS) is 1. The van der Waals surface area contributed by atoms with Crippen molar-refractivity contribution < 1.29 is 9.90 Å². The van der Waals surface area contributed by atoms with Crippen molar-refractivity contribution in [1.82, 2.24) is 4.90 Å². The molecule has 0 unspecified atom stereocenters. The summed E-state index contributed by atoms with van der Waals surface area (Å²) in [6.45, 7) is 4.96. The van der Waals surface area contributed by atoms with E-state index in [1.165, 1.54) is 12.8 Å². The SMILES string of the molecule is CCN(c1cc(Br)cc(C(=O)O)c1C)[C@H]1CC[C@H](N(C)C)CC1. The number of carboxylic acids is 1. The number of hydrogen-bond donors (Lipinski definition) is 1. The van der Waals surface area contributed by atoms with Crippen molar-refractivity contribution in [3.05, 3.63) is 27.7 Å². The number of benzene rings is 1. The van der Waals surface area contributed by atoms with E-state index >= 15 is 0 Å². The molecule has 1 saturated carbocycles. The molecule has 0 atom stereocenters. The van der Waals surface area contributed by atoms with Crippen LogP contribution in [0.15, 0.2) is 16.6 Å². The first-order valence-electron chi connectivity index (χ1n) is 8.31. The van der Waals surface area contributed by atoms with Gasteiger partial charge in [-0.25, -0.2) is 4.79 Å². The normalized spacial score (nSPS) is 21.5. The maximum atomic E-state index is 11.5. The lowest BCUT2D eigenvalue weighted by Crippen LogP contribution is -2.42. The van der Waals surface area contributed by atoms with Crippen LogP contribution in [0, 0.1) is 6.92 Å². The highest BCUT2D eigenvalue weighted by atomic mass is 79.9. The summed E-state index contributed by atoms with van der Waals surface area (Å²) in [5.41, 5.74) is 2.29. The van der Waals surface area contributed by atoms with Gasteiger partial charge in [0.25, 0.3) is 0 Å². The minimum absolute atomic E-state index is 0.384. The average Bonchev–Trinajstić information content (AvgIpc) is 2.51. The molecule has 0 saturated heterocycles. The van der Waals surface area contributed by atoms with E-state index in [9.17, 15) is 9.90 Å². The summed E-state index contributed by atoms with van der Waals surface area (Å²) in [6, 6.07) is 4.91. The molecule has 0 aromatic heterocycles. The van der Waals surface area contributed by atoms with Crippen molar-refractivity contribution in [3.8, 4) is 0 Å². The molecule has 0 spiro atoms. The zero-order valence-corrected chi connectivity index (χ0v) is 16.1. The largest absolute Gasteiger partial charge is 0.478 e. The molecule has 2 rings (SSSR count). The number of hydrogen-bond acceptors (Lipinski definition) is 3. The van der Waals surface area contributed by atoms with Gasteiger partial charge in [0, 0.05) is 28.8 Å². The van der Waals surface area contributed by atoms with Gasteiger partial charge in [-0.2, -0.15) is 0 Å². The molecule has 1 N–H and O–H groups in total. The van der Waals surface area contributed by atoms with Crippen LogP contribution in [0.1, 0.15) is 48.5 Å². The van der Waals surface area contributed by atoms with E-state index in [4.69, 9.17) is 0 Å². The Balaban J connectivity index is 2.27. The van der Waals surface area contributed by atoms with Crippen LogP contribution in [0.4, 0.5) is 5.69 Å². The predicted molar refractivity (Wildman–Crippen MR) is 98.6 cm³/mol. The Bertz CT molecular complexity index is 566. The Morgan fingerprint density at radius 3 is 2.26 bits per heavy atom. The minimum atomic E-state index is -0.864. The van der Waals surface area contributed by atoms with Crippen LogP contribution >= 0.6 is 15.9 Å². The number of rotatable bonds is 5. The second-order valence-corrected chi connectivity index (χ2v) is 7.53. The third kappa shape index (κ3) is 4.07. The molecule has 4 nitrogen and oxygen atoms in total. The number of halogens is 1. The summed E-state index contributed by atoms with van der Waals surface area (Å²) in [6.07, 6.45) is 4.72. The second-order valence-electron chi connectivity index (χ2n) is 6.61. The fourth-order valence-electron chi connectivity index (χ4n) is 3.70. The quantitative estimate of drug-likeness (QED) is 0.830. The molecule has 0 heterocycles. The standard InChI is InChI=1S/C18H27BrN2O2/c1-5-21(15-8-6-14(7-9-15)20(3)4)17-11-13(19)10-16(12(17)2)18(22)23/h10-11,14-15H,5-9H2,1-4H3,(H,22,23)/t14-,15-. The Labute approximate surface area is 147 Å². The molecular formula is C18H27BrN2O2. The van der Waals surface area contributed by atoms with E-state index in [1.54, 1.807) is 6.07 Å². The molecule has 23 heavy (non-hydrogen) atoms. The Morgan fingerprint density at radius 1 is 1.22 bits per heavy atom. The summed E-state index contributed by atoms with van der Waals surface area (Å²) >= 11 is 3.47. The highest BCUT2D eigenvalue weighted by Crippen LogP contribution is 2.34. The van der Waals surface area contributed by atoms with Gasteiger partial charge in [0.05, 0.1) is 5.56 Å². The van der Waals surface area contributed by atoms with Gasteiger partial charge in [0.1, 0.15) is 0 Å². The highest BCUT2D eigenvalue weighted by Gasteiger charge is 2.28. The van der Waals surface area contributed by atoms with Crippen molar-refractivity contribution in [2.45, 2.75) is 51.6 Å². The molecule has 1 aromatic carbocycles. The maximum absolute atomic E-state index is 11.5. The molecule has 1 aromatic rings. The fraction of sp³-hybridized carbons (Fsp3) is 0.611. The molecule has 0 bridgehead atoms. The zero-order valence-electron chi connectivity index (χ0n) is 14.5. The van der Waals surface area contributed by atoms with Gasteiger partial charge in [-0.15, -0.1) is 0 Å². The first-order chi connectivity index (χ1) is 10.8. The van der Waals surface area contributed by atoms with Gasteiger partial charge >= 0.3 is 5.97 Å². The van der Waals surface area contributed by atoms with Crippen molar-refractivity contribution >= 4 is 27.6 Å². The van der Waals surface area contributed by atoms with E-state index < -0.39 is 5.97 Å². The molecule has 1 fully saturated rings. The summed E-state index contributed by atoms with van der Waals surface area (Å²) < 4.78 is 0.830. The molecule has 0 radical (unpaired) electrons. The van der Waals surface area contributed by atoms with Crippen LogP contribution in [-0.4, -0.2) is 48.7 Å². The molecular weight excluding hydrogens is 356 g/mol. The van der Waals surface area contributed by atoms with Crippen LogP contribution in [0.2, 0.25) is 0 Å². The van der Waals surface area contributed by atoms with Crippen molar-refractivity contribution in [1.29, 1.82) is 0 Å². The zero-order chi connectivity index (χ0) is 17.1. The first kappa shape index (κ1) is 18.3. The molecule has 0 aliphatic heterocycles. The summed E-state index contributed by atoms with van der Waals surface area (Å²) in [4.78, 5) is 16.2. The Kier molecular flexibility index (Phi) is 6.09. The maximum Gasteiger partial charge on any atom is 0.336 e. The Morgan fingerprint density at radius 2 is 1.78 bits per heavy atom. The lowest BCUT2D eigenvalue weighted by molar-refractivity contribution is 0.0696. The van der Waals surface area contributed by atoms with Gasteiger partial charge in [-0.1, -0.05) is 15.9 Å². The topological polar surface area (TPSA) is 43.8 Å². The molecule has 1 aliphatic carbocycles. The lowest BCUT2D eigenvalue weighted by Gasteiger charge is -2.40. The monoisotopic (exact) mass is 382 g/mol. The van der Waals surface area contributed by atoms with Gasteiger partial charge in [-0.05, 0) is 71.3 Å². The van der Waals surface area contributed by atoms with E-state index in [0.717, 1.165) is 35.1 Å². The van der Waals surface area contributed by atoms with Crippen molar-refractivity contribution in [3.63, 3.8) is 0 Å². The molecule has 0 amide bonds. The number of aromatic carboxylic acids is 1. The highest BCUT2D eigenvalue weighted by molar-refractivity contribution is 9.10. The lowest BCUT2D eigenvalue weighted by atomic mass is 9.89. The van der Waals surface area contributed by atoms with Crippen molar-refractivity contribution in [2.24, 2.45) is 0 Å². The summed E-state index contributed by atoms with van der Waals surface area (Å²) in [5, 5.41) is 9.43. The van der Waals surface area contributed by atoms with Crippen LogP contribution < -0.4 is 4.90 Å². The average molecular weight is 383 g/mol. The third-order valence-corrected chi connectivity index (χ3v) is 5.52. The number of nitrogens with zero attached hydrogens (tertiary/aromatic N) is 2. The number of anilines is 1. The van der Waals surface area contributed by atoms with Gasteiger partial charge in [0.2, 0.25) is 0 Å². The molecule has 5 heteroatoms. The fourth-order valence-corrected chi connectivity index (χ4v) is 4.14. The Hall–Kier alpha value is -1.07. The van der Waals surface area contributed by atoms with Crippen LogP contribution in [0.25, 0.3) is 0 Å². The second kappa shape index (κ2) is 7.67. The van der Waals surface area contributed by atoms with Crippen LogP contribution in [-0.2, 0) is 0 Å². The van der Waals surface area contributed by atoms with Crippen molar-refractivity contribution in [2.75, 3.05) is 25.5 Å². The van der Waals surface area contributed by atoms with Gasteiger partial charge < -0.3 is 14.9 Å². The number of carbonyl (C=O) groups is 1.